The van der Waals surface area contributed by atoms with Crippen LogP contribution in [0.15, 0.2) is 47.1 Å². The Bertz CT molecular complexity index is 851. The average molecular weight is 324 g/mol. The van der Waals surface area contributed by atoms with E-state index in [1.807, 2.05) is 23.1 Å². The molecular weight excluding hydrogens is 304 g/mol. The van der Waals surface area contributed by atoms with Gasteiger partial charge in [-0.15, -0.1) is 0 Å². The van der Waals surface area contributed by atoms with Crippen molar-refractivity contribution in [1.29, 1.82) is 0 Å². The fourth-order valence-corrected chi connectivity index (χ4v) is 3.45. The molecule has 1 aliphatic rings. The molecule has 1 aromatic carbocycles. The van der Waals surface area contributed by atoms with Crippen molar-refractivity contribution in [3.8, 4) is 5.75 Å². The van der Waals surface area contributed by atoms with Gasteiger partial charge < -0.3 is 19.0 Å². The number of rotatable bonds is 3. The molecule has 2 aromatic heterocycles. The molecule has 5 nitrogen and oxygen atoms in total. The van der Waals surface area contributed by atoms with Gasteiger partial charge in [0.05, 0.1) is 13.4 Å². The summed E-state index contributed by atoms with van der Waals surface area (Å²) in [5, 5.41) is 1.14. The third kappa shape index (κ3) is 2.66. The van der Waals surface area contributed by atoms with E-state index in [4.69, 9.17) is 9.15 Å². The van der Waals surface area contributed by atoms with Crippen LogP contribution < -0.4 is 4.74 Å². The molecule has 1 amide bonds. The van der Waals surface area contributed by atoms with Gasteiger partial charge in [-0.1, -0.05) is 0 Å². The Morgan fingerprint density at radius 3 is 3.04 bits per heavy atom. The van der Waals surface area contributed by atoms with Gasteiger partial charge in [0.1, 0.15) is 5.75 Å². The molecule has 4 rings (SSSR count). The molecule has 1 saturated heterocycles. The lowest BCUT2D eigenvalue weighted by molar-refractivity contribution is 0.0674. The fraction of sp³-hybridized carbons (Fsp3) is 0.316. The van der Waals surface area contributed by atoms with E-state index in [0.29, 0.717) is 18.2 Å². The molecule has 1 aliphatic heterocycles. The summed E-state index contributed by atoms with van der Waals surface area (Å²) in [7, 11) is 1.67. The van der Waals surface area contributed by atoms with Gasteiger partial charge in [0.2, 0.25) is 0 Å². The highest BCUT2D eigenvalue weighted by atomic mass is 16.5. The fourth-order valence-electron chi connectivity index (χ4n) is 3.45. The minimum absolute atomic E-state index is 0.0255. The molecule has 0 saturated carbocycles. The van der Waals surface area contributed by atoms with Crippen molar-refractivity contribution in [3.05, 3.63) is 54.1 Å². The number of H-pyrrole nitrogens is 1. The number of ether oxygens (including phenoxy) is 1. The summed E-state index contributed by atoms with van der Waals surface area (Å²) in [6.07, 6.45) is 3.61. The topological polar surface area (TPSA) is 58.5 Å². The van der Waals surface area contributed by atoms with Gasteiger partial charge in [0.15, 0.2) is 5.76 Å². The monoisotopic (exact) mass is 324 g/mol. The second-order valence-electron chi connectivity index (χ2n) is 6.25. The number of hydrogen-bond acceptors (Lipinski definition) is 3. The van der Waals surface area contributed by atoms with Crippen molar-refractivity contribution in [2.24, 2.45) is 0 Å². The highest BCUT2D eigenvalue weighted by Gasteiger charge is 2.27. The first-order chi connectivity index (χ1) is 11.7. The van der Waals surface area contributed by atoms with Crippen LogP contribution in [0.5, 0.6) is 5.75 Å². The second kappa shape index (κ2) is 6.07. The molecule has 1 unspecified atom stereocenters. The van der Waals surface area contributed by atoms with Crippen LogP contribution in [-0.2, 0) is 0 Å². The SMILES string of the molecule is COc1ccc2[nH]c(C3CCCN(C(=O)c4ccco4)C3)cc2c1. The first-order valence-corrected chi connectivity index (χ1v) is 8.24. The molecule has 0 radical (unpaired) electrons. The van der Waals surface area contributed by atoms with Gasteiger partial charge in [-0.05, 0) is 49.2 Å². The highest BCUT2D eigenvalue weighted by Crippen LogP contribution is 2.31. The molecule has 0 aliphatic carbocycles. The number of carbonyl (C=O) groups is 1. The number of likely N-dealkylation sites (tertiary alicyclic amines) is 1. The van der Waals surface area contributed by atoms with Crippen LogP contribution in [0.2, 0.25) is 0 Å². The van der Waals surface area contributed by atoms with Gasteiger partial charge in [-0.3, -0.25) is 4.79 Å². The zero-order valence-electron chi connectivity index (χ0n) is 13.6. The van der Waals surface area contributed by atoms with Crippen molar-refractivity contribution in [2.45, 2.75) is 18.8 Å². The summed E-state index contributed by atoms with van der Waals surface area (Å²) in [6, 6.07) is 11.7. The standard InChI is InChI=1S/C19H20N2O3/c1-23-15-6-7-16-14(10-15)11-17(20-16)13-4-2-8-21(12-13)19(22)18-5-3-9-24-18/h3,5-7,9-11,13,20H,2,4,8,12H2,1H3. The minimum atomic E-state index is -0.0255. The maximum Gasteiger partial charge on any atom is 0.289 e. The lowest BCUT2D eigenvalue weighted by Gasteiger charge is -2.31. The number of aromatic amines is 1. The molecule has 24 heavy (non-hydrogen) atoms. The van der Waals surface area contributed by atoms with E-state index >= 15 is 0 Å². The number of furan rings is 1. The smallest absolute Gasteiger partial charge is 0.289 e. The molecule has 1 N–H and O–H groups in total. The van der Waals surface area contributed by atoms with Gasteiger partial charge in [-0.25, -0.2) is 0 Å². The summed E-state index contributed by atoms with van der Waals surface area (Å²) >= 11 is 0. The maximum atomic E-state index is 12.5. The van der Waals surface area contributed by atoms with Crippen LogP contribution in [0.1, 0.15) is 35.0 Å². The number of fused-ring (bicyclic) bond motifs is 1. The third-order valence-electron chi connectivity index (χ3n) is 4.73. The van der Waals surface area contributed by atoms with Gasteiger partial charge in [0.25, 0.3) is 5.91 Å². The quantitative estimate of drug-likeness (QED) is 0.797. The molecule has 124 valence electrons. The van der Waals surface area contributed by atoms with Crippen LogP contribution in [0, 0.1) is 0 Å². The Morgan fingerprint density at radius 1 is 1.33 bits per heavy atom. The number of amides is 1. The zero-order valence-corrected chi connectivity index (χ0v) is 13.6. The zero-order chi connectivity index (χ0) is 16.5. The van der Waals surface area contributed by atoms with E-state index in [-0.39, 0.29) is 5.91 Å². The number of piperidine rings is 1. The molecule has 1 fully saturated rings. The van der Waals surface area contributed by atoms with Crippen molar-refractivity contribution < 1.29 is 13.9 Å². The molecule has 3 aromatic rings. The molecular formula is C19H20N2O3. The lowest BCUT2D eigenvalue weighted by atomic mass is 9.94. The average Bonchev–Trinajstić information content (AvgIpc) is 3.30. The number of nitrogens with zero attached hydrogens (tertiary/aromatic N) is 1. The summed E-state index contributed by atoms with van der Waals surface area (Å²) < 4.78 is 10.5. The van der Waals surface area contributed by atoms with Crippen molar-refractivity contribution in [3.63, 3.8) is 0 Å². The Hall–Kier alpha value is -2.69. The summed E-state index contributed by atoms with van der Waals surface area (Å²) in [5.74, 6) is 1.56. The minimum Gasteiger partial charge on any atom is -0.497 e. The van der Waals surface area contributed by atoms with E-state index in [1.54, 1.807) is 25.5 Å². The highest BCUT2D eigenvalue weighted by molar-refractivity contribution is 5.91. The number of hydrogen-bond donors (Lipinski definition) is 1. The normalized spacial score (nSPS) is 18.0. The second-order valence-corrected chi connectivity index (χ2v) is 6.25. The number of benzene rings is 1. The molecule has 3 heterocycles. The van der Waals surface area contributed by atoms with E-state index in [2.05, 4.69) is 11.1 Å². The molecule has 0 bridgehead atoms. The van der Waals surface area contributed by atoms with E-state index in [0.717, 1.165) is 36.0 Å². The predicted octanol–water partition coefficient (Wildman–Crippen LogP) is 3.79. The predicted molar refractivity (Wildman–Crippen MR) is 91.4 cm³/mol. The largest absolute Gasteiger partial charge is 0.497 e. The summed E-state index contributed by atoms with van der Waals surface area (Å²) in [5.41, 5.74) is 2.27. The Labute approximate surface area is 140 Å². The Kier molecular flexibility index (Phi) is 3.76. The van der Waals surface area contributed by atoms with Crippen molar-refractivity contribution >= 4 is 16.8 Å². The van der Waals surface area contributed by atoms with Gasteiger partial charge in [0, 0.05) is 35.6 Å². The van der Waals surface area contributed by atoms with Crippen LogP contribution in [-0.4, -0.2) is 36.0 Å². The third-order valence-corrected chi connectivity index (χ3v) is 4.73. The van der Waals surface area contributed by atoms with E-state index in [9.17, 15) is 4.79 Å². The molecule has 1 atom stereocenters. The van der Waals surface area contributed by atoms with Crippen LogP contribution in [0.4, 0.5) is 0 Å². The Morgan fingerprint density at radius 2 is 2.25 bits per heavy atom. The number of aromatic nitrogens is 1. The number of carbonyl (C=O) groups excluding carboxylic acids is 1. The number of nitrogens with one attached hydrogen (secondary N) is 1. The van der Waals surface area contributed by atoms with Gasteiger partial charge >= 0.3 is 0 Å². The maximum absolute atomic E-state index is 12.5. The number of methoxy groups -OCH3 is 1. The molecule has 5 heteroatoms. The van der Waals surface area contributed by atoms with Gasteiger partial charge in [-0.2, -0.15) is 0 Å². The van der Waals surface area contributed by atoms with Crippen LogP contribution >= 0.6 is 0 Å². The first-order valence-electron chi connectivity index (χ1n) is 8.24. The van der Waals surface area contributed by atoms with E-state index in [1.165, 1.54) is 5.69 Å². The van der Waals surface area contributed by atoms with Crippen LogP contribution in [0.25, 0.3) is 10.9 Å². The first kappa shape index (κ1) is 14.9. The van der Waals surface area contributed by atoms with Crippen LogP contribution in [0.3, 0.4) is 0 Å². The summed E-state index contributed by atoms with van der Waals surface area (Å²) in [4.78, 5) is 17.9. The van der Waals surface area contributed by atoms with E-state index < -0.39 is 0 Å². The molecule has 0 spiro atoms. The summed E-state index contributed by atoms with van der Waals surface area (Å²) in [6.45, 7) is 1.49. The van der Waals surface area contributed by atoms with Crippen molar-refractivity contribution in [2.75, 3.05) is 20.2 Å². The van der Waals surface area contributed by atoms with Crippen molar-refractivity contribution in [1.82, 2.24) is 9.88 Å². The Balaban J connectivity index is 1.56. The lowest BCUT2D eigenvalue weighted by Crippen LogP contribution is -2.39.